The zero-order valence-electron chi connectivity index (χ0n) is 12.8. The third kappa shape index (κ3) is 2.99. The molecule has 3 rings (SSSR count). The van der Waals surface area contributed by atoms with E-state index in [0.29, 0.717) is 19.6 Å². The van der Waals surface area contributed by atoms with Gasteiger partial charge in [-0.25, -0.2) is 4.68 Å². The lowest BCUT2D eigenvalue weighted by Gasteiger charge is -2.18. The quantitative estimate of drug-likeness (QED) is 0.895. The molecule has 2 aromatic rings. The van der Waals surface area contributed by atoms with Crippen LogP contribution in [0.4, 0.5) is 0 Å². The Kier molecular flexibility index (Phi) is 4.42. The van der Waals surface area contributed by atoms with Crippen LogP contribution < -0.4 is 4.74 Å². The van der Waals surface area contributed by atoms with E-state index in [1.54, 1.807) is 20.4 Å². The highest BCUT2D eigenvalue weighted by atomic mass is 16.5. The summed E-state index contributed by atoms with van der Waals surface area (Å²) in [5, 5.41) is 14.3. The number of hydrogen-bond donors (Lipinski definition) is 1. The zero-order valence-corrected chi connectivity index (χ0v) is 12.8. The average Bonchev–Trinajstić information content (AvgIpc) is 3.17. The van der Waals surface area contributed by atoms with Crippen LogP contribution in [0.2, 0.25) is 0 Å². The van der Waals surface area contributed by atoms with E-state index in [-0.39, 0.29) is 6.10 Å². The summed E-state index contributed by atoms with van der Waals surface area (Å²) in [7, 11) is 3.30. The molecule has 0 unspecified atom stereocenters. The fourth-order valence-electron chi connectivity index (χ4n) is 2.88. The molecule has 1 saturated heterocycles. The number of benzene rings is 1. The van der Waals surface area contributed by atoms with Gasteiger partial charge in [-0.2, -0.15) is 5.10 Å². The zero-order chi connectivity index (χ0) is 15.5. The van der Waals surface area contributed by atoms with Gasteiger partial charge in [0.15, 0.2) is 0 Å². The molecule has 1 aliphatic rings. The number of likely N-dealkylation sites (tertiary alicyclic amines) is 1. The maximum atomic E-state index is 9.98. The third-order valence-corrected chi connectivity index (χ3v) is 4.05. The molecule has 118 valence electrons. The molecule has 0 spiro atoms. The van der Waals surface area contributed by atoms with Crippen molar-refractivity contribution < 1.29 is 14.6 Å². The topological polar surface area (TPSA) is 59.8 Å². The first kappa shape index (κ1) is 15.0. The van der Waals surface area contributed by atoms with E-state index in [0.717, 1.165) is 17.0 Å². The van der Waals surface area contributed by atoms with Crippen LogP contribution in [0.1, 0.15) is 5.56 Å². The van der Waals surface area contributed by atoms with Crippen molar-refractivity contribution in [2.75, 3.05) is 27.3 Å². The van der Waals surface area contributed by atoms with Crippen molar-refractivity contribution in [3.63, 3.8) is 0 Å². The van der Waals surface area contributed by atoms with Gasteiger partial charge in [-0.3, -0.25) is 4.90 Å². The lowest BCUT2D eigenvalue weighted by atomic mass is 10.1. The monoisotopic (exact) mass is 303 g/mol. The first-order valence-corrected chi connectivity index (χ1v) is 7.31. The Morgan fingerprint density at radius 1 is 1.32 bits per heavy atom. The Morgan fingerprint density at radius 2 is 2.18 bits per heavy atom. The fourth-order valence-corrected chi connectivity index (χ4v) is 2.88. The Hall–Kier alpha value is -1.89. The summed E-state index contributed by atoms with van der Waals surface area (Å²) in [6.45, 7) is 2.03. The van der Waals surface area contributed by atoms with E-state index in [4.69, 9.17) is 9.47 Å². The third-order valence-electron chi connectivity index (χ3n) is 4.05. The molecule has 0 bridgehead atoms. The first-order chi connectivity index (χ1) is 10.7. The average molecular weight is 303 g/mol. The summed E-state index contributed by atoms with van der Waals surface area (Å²) < 4.78 is 12.5. The summed E-state index contributed by atoms with van der Waals surface area (Å²) in [6.07, 6.45) is 3.11. The predicted molar refractivity (Wildman–Crippen MR) is 82.2 cm³/mol. The number of nitrogens with zero attached hydrogens (tertiary/aromatic N) is 3. The minimum absolute atomic E-state index is 0.126. The Bertz CT molecular complexity index is 615. The van der Waals surface area contributed by atoms with Gasteiger partial charge in [0.05, 0.1) is 25.0 Å². The van der Waals surface area contributed by atoms with Gasteiger partial charge in [-0.1, -0.05) is 0 Å². The number of ether oxygens (including phenoxy) is 2. The molecule has 22 heavy (non-hydrogen) atoms. The lowest BCUT2D eigenvalue weighted by Crippen LogP contribution is -2.25. The second kappa shape index (κ2) is 6.48. The van der Waals surface area contributed by atoms with Crippen LogP contribution in [0.5, 0.6) is 5.75 Å². The highest BCUT2D eigenvalue weighted by molar-refractivity contribution is 5.45. The standard InChI is InChI=1S/C16H21N3O3/c1-21-13-4-5-14(19-7-3-6-17-19)12(8-13)9-18-10-15(20)16(11-18)22-2/h3-8,15-16,20H,9-11H2,1-2H3/t15-,16-/m0/s1. The minimum Gasteiger partial charge on any atom is -0.497 e. The molecule has 2 atom stereocenters. The van der Waals surface area contributed by atoms with Crippen LogP contribution in [0.3, 0.4) is 0 Å². The number of aromatic nitrogens is 2. The molecule has 6 nitrogen and oxygen atoms in total. The fraction of sp³-hybridized carbons (Fsp3) is 0.438. The SMILES string of the molecule is COc1ccc(-n2cccn2)c(CN2C[C@H](OC)[C@@H](O)C2)c1. The Labute approximate surface area is 129 Å². The van der Waals surface area contributed by atoms with E-state index >= 15 is 0 Å². The molecular formula is C16H21N3O3. The number of aliphatic hydroxyl groups excluding tert-OH is 1. The summed E-state index contributed by atoms with van der Waals surface area (Å²) >= 11 is 0. The van der Waals surface area contributed by atoms with E-state index < -0.39 is 6.10 Å². The van der Waals surface area contributed by atoms with Gasteiger partial charge in [0.25, 0.3) is 0 Å². The summed E-state index contributed by atoms with van der Waals surface area (Å²) in [5.74, 6) is 0.814. The van der Waals surface area contributed by atoms with Crippen molar-refractivity contribution in [3.8, 4) is 11.4 Å². The van der Waals surface area contributed by atoms with E-state index in [1.807, 2.05) is 35.1 Å². The van der Waals surface area contributed by atoms with Crippen molar-refractivity contribution in [1.82, 2.24) is 14.7 Å². The molecule has 1 N–H and O–H groups in total. The number of hydrogen-bond acceptors (Lipinski definition) is 5. The molecule has 1 fully saturated rings. The smallest absolute Gasteiger partial charge is 0.119 e. The summed E-state index contributed by atoms with van der Waals surface area (Å²) in [6, 6.07) is 7.84. The van der Waals surface area contributed by atoms with Crippen molar-refractivity contribution >= 4 is 0 Å². The van der Waals surface area contributed by atoms with Crippen LogP contribution in [0.15, 0.2) is 36.7 Å². The Balaban J connectivity index is 1.85. The van der Waals surface area contributed by atoms with Crippen molar-refractivity contribution in [1.29, 1.82) is 0 Å². The van der Waals surface area contributed by atoms with Gasteiger partial charge >= 0.3 is 0 Å². The second-order valence-electron chi connectivity index (χ2n) is 5.48. The molecule has 1 aromatic carbocycles. The summed E-state index contributed by atoms with van der Waals surface area (Å²) in [4.78, 5) is 2.18. The largest absolute Gasteiger partial charge is 0.497 e. The Morgan fingerprint density at radius 3 is 2.82 bits per heavy atom. The maximum absolute atomic E-state index is 9.98. The lowest BCUT2D eigenvalue weighted by molar-refractivity contribution is 0.0215. The molecule has 0 aliphatic carbocycles. The van der Waals surface area contributed by atoms with Crippen molar-refractivity contribution in [2.45, 2.75) is 18.8 Å². The van der Waals surface area contributed by atoms with Gasteiger partial charge in [-0.05, 0) is 29.8 Å². The molecule has 0 saturated carbocycles. The van der Waals surface area contributed by atoms with Crippen LogP contribution in [0, 0.1) is 0 Å². The molecule has 1 aromatic heterocycles. The molecule has 2 heterocycles. The van der Waals surface area contributed by atoms with Gasteiger partial charge in [-0.15, -0.1) is 0 Å². The highest BCUT2D eigenvalue weighted by Crippen LogP contribution is 2.24. The van der Waals surface area contributed by atoms with Crippen LogP contribution in [-0.4, -0.2) is 59.3 Å². The summed E-state index contributed by atoms with van der Waals surface area (Å²) in [5.41, 5.74) is 2.12. The molecule has 0 radical (unpaired) electrons. The van der Waals surface area contributed by atoms with E-state index in [2.05, 4.69) is 10.00 Å². The van der Waals surface area contributed by atoms with Crippen molar-refractivity contribution in [2.24, 2.45) is 0 Å². The molecular weight excluding hydrogens is 282 g/mol. The van der Waals surface area contributed by atoms with Crippen LogP contribution >= 0.6 is 0 Å². The van der Waals surface area contributed by atoms with E-state index in [9.17, 15) is 5.11 Å². The van der Waals surface area contributed by atoms with Gasteiger partial charge in [0.1, 0.15) is 5.75 Å². The normalized spacial score (nSPS) is 22.1. The van der Waals surface area contributed by atoms with Crippen LogP contribution in [-0.2, 0) is 11.3 Å². The van der Waals surface area contributed by atoms with Crippen LogP contribution in [0.25, 0.3) is 5.69 Å². The number of methoxy groups -OCH3 is 2. The van der Waals surface area contributed by atoms with Gasteiger partial charge < -0.3 is 14.6 Å². The maximum Gasteiger partial charge on any atom is 0.119 e. The molecule has 6 heteroatoms. The molecule has 1 aliphatic heterocycles. The first-order valence-electron chi connectivity index (χ1n) is 7.31. The van der Waals surface area contributed by atoms with Gasteiger partial charge in [0.2, 0.25) is 0 Å². The number of β-amino-alcohol motifs (C(OH)–C–C–N with tert-alkyl or cyclic N) is 1. The van der Waals surface area contributed by atoms with Crippen molar-refractivity contribution in [3.05, 3.63) is 42.2 Å². The second-order valence-corrected chi connectivity index (χ2v) is 5.48. The number of rotatable bonds is 5. The molecule has 0 amide bonds. The minimum atomic E-state index is -0.441. The predicted octanol–water partition coefficient (Wildman–Crippen LogP) is 1.07. The van der Waals surface area contributed by atoms with E-state index in [1.165, 1.54) is 0 Å². The van der Waals surface area contributed by atoms with Gasteiger partial charge in [0, 0.05) is 39.1 Å². The number of aliphatic hydroxyl groups is 1. The highest BCUT2D eigenvalue weighted by Gasteiger charge is 2.31.